The monoisotopic (exact) mass is 332 g/mol. The van der Waals surface area contributed by atoms with Gasteiger partial charge in [0.2, 0.25) is 0 Å². The average molecular weight is 332 g/mol. The van der Waals surface area contributed by atoms with Crippen molar-refractivity contribution in [3.63, 3.8) is 0 Å². The van der Waals surface area contributed by atoms with Gasteiger partial charge in [-0.05, 0) is 49.3 Å². The zero-order valence-electron chi connectivity index (χ0n) is 14.5. The third kappa shape index (κ3) is 1.82. The van der Waals surface area contributed by atoms with Gasteiger partial charge in [0.1, 0.15) is 5.54 Å². The number of nitro groups is 1. The number of nitrogens with zero attached hydrogens (tertiary/aromatic N) is 8. The molecule has 24 heavy (non-hydrogen) atoms. The first kappa shape index (κ1) is 16.1. The summed E-state index contributed by atoms with van der Waals surface area (Å²) in [6.45, 7) is 7.56. The number of hydrogen-bond donors (Lipinski definition) is 0. The molecule has 0 N–H and O–H groups in total. The molecule has 1 spiro atoms. The highest BCUT2D eigenvalue weighted by atomic mass is 16.6. The molecule has 2 heterocycles. The first-order valence-electron chi connectivity index (χ1n) is 7.51. The average Bonchev–Trinajstić information content (AvgIpc) is 2.92. The lowest BCUT2D eigenvalue weighted by Gasteiger charge is -2.46. The van der Waals surface area contributed by atoms with Crippen LogP contribution >= 0.6 is 0 Å². The quantitative estimate of drug-likeness (QED) is 0.612. The van der Waals surface area contributed by atoms with Crippen LogP contribution in [0, 0.1) is 24.0 Å². The van der Waals surface area contributed by atoms with E-state index in [1.807, 2.05) is 41.8 Å². The Hall–Kier alpha value is -2.78. The Bertz CT molecular complexity index is 737. The van der Waals surface area contributed by atoms with Crippen LogP contribution in [-0.4, -0.2) is 40.4 Å². The largest absolute Gasteiger partial charge is 0.272 e. The van der Waals surface area contributed by atoms with E-state index in [-0.39, 0.29) is 5.69 Å². The maximum atomic E-state index is 11.1. The van der Waals surface area contributed by atoms with E-state index in [1.165, 1.54) is 0 Å². The molecule has 0 aromatic heterocycles. The van der Waals surface area contributed by atoms with Gasteiger partial charge in [-0.2, -0.15) is 10.1 Å². The highest BCUT2D eigenvalue weighted by molar-refractivity contribution is 5.64. The molecule has 2 aliphatic rings. The van der Waals surface area contributed by atoms with E-state index in [0.29, 0.717) is 0 Å². The fourth-order valence-electron chi connectivity index (χ4n) is 3.64. The Morgan fingerprint density at radius 1 is 1.04 bits per heavy atom. The van der Waals surface area contributed by atoms with Crippen molar-refractivity contribution < 1.29 is 4.92 Å². The fraction of sp³-hybridized carbons (Fsp3) is 0.571. The number of hydrogen-bond acceptors (Lipinski definition) is 9. The summed E-state index contributed by atoms with van der Waals surface area (Å²) in [5.41, 5.74) is 1.68. The number of nitro benzene ring substituents is 1. The molecule has 0 fully saturated rings. The van der Waals surface area contributed by atoms with Gasteiger partial charge in [-0.25, -0.2) is 10.0 Å². The number of rotatable bonds is 2. The molecule has 0 unspecified atom stereocenters. The van der Waals surface area contributed by atoms with Crippen LogP contribution in [0.15, 0.2) is 32.9 Å². The number of benzene rings is 1. The van der Waals surface area contributed by atoms with Gasteiger partial charge >= 0.3 is 0 Å². The van der Waals surface area contributed by atoms with E-state index in [0.717, 1.165) is 16.8 Å². The summed E-state index contributed by atoms with van der Waals surface area (Å²) < 4.78 is 0. The minimum absolute atomic E-state index is 0.0562. The molecule has 10 heteroatoms. The van der Waals surface area contributed by atoms with Crippen LogP contribution < -0.4 is 5.01 Å². The molecule has 128 valence electrons. The number of likely N-dealkylation sites (N-methyl/N-ethyl adjacent to an activating group) is 2. The summed E-state index contributed by atoms with van der Waals surface area (Å²) in [6.07, 6.45) is 0. The molecule has 0 atom stereocenters. The zero-order valence-corrected chi connectivity index (χ0v) is 14.5. The summed E-state index contributed by atoms with van der Waals surface area (Å²) in [5, 5.41) is 33.4. The van der Waals surface area contributed by atoms with Gasteiger partial charge in [0, 0.05) is 26.2 Å². The minimum atomic E-state index is -0.849. The van der Waals surface area contributed by atoms with Crippen LogP contribution in [0.2, 0.25) is 0 Å². The Kier molecular flexibility index (Phi) is 3.26. The predicted molar refractivity (Wildman–Crippen MR) is 87.1 cm³/mol. The molecule has 0 bridgehead atoms. The maximum Gasteiger partial charge on any atom is 0.272 e. The standard InChI is InChI=1S/C14H20N8O2/c1-9-7-11(22(23)24)8-10(2)12(9)21-14(13(3,4)15-16-21)19(5)17-18-20(14)6/h7-8H,1-6H3. The van der Waals surface area contributed by atoms with Gasteiger partial charge in [-0.3, -0.25) is 10.1 Å². The number of aryl methyl sites for hydroxylation is 2. The van der Waals surface area contributed by atoms with Crippen molar-refractivity contribution in [3.05, 3.63) is 33.4 Å². The molecule has 0 aliphatic carbocycles. The van der Waals surface area contributed by atoms with Crippen molar-refractivity contribution >= 4 is 11.4 Å². The number of anilines is 1. The lowest BCUT2D eigenvalue weighted by atomic mass is 9.93. The highest BCUT2D eigenvalue weighted by Crippen LogP contribution is 2.49. The van der Waals surface area contributed by atoms with Crippen LogP contribution in [-0.2, 0) is 0 Å². The maximum absolute atomic E-state index is 11.1. The normalized spacial score (nSPS) is 20.5. The van der Waals surface area contributed by atoms with Crippen LogP contribution in [0.5, 0.6) is 0 Å². The Morgan fingerprint density at radius 3 is 2.00 bits per heavy atom. The third-order valence-corrected chi connectivity index (χ3v) is 4.61. The second-order valence-electron chi connectivity index (χ2n) is 6.61. The smallest absolute Gasteiger partial charge is 0.258 e. The molecule has 2 aliphatic heterocycles. The van der Waals surface area contributed by atoms with Gasteiger partial charge in [0.05, 0.1) is 10.6 Å². The van der Waals surface area contributed by atoms with Gasteiger partial charge < -0.3 is 0 Å². The van der Waals surface area contributed by atoms with Crippen LogP contribution in [0.3, 0.4) is 0 Å². The first-order valence-corrected chi connectivity index (χ1v) is 7.51. The van der Waals surface area contributed by atoms with E-state index in [9.17, 15) is 10.1 Å². The molecule has 3 rings (SSSR count). The van der Waals surface area contributed by atoms with E-state index >= 15 is 0 Å². The van der Waals surface area contributed by atoms with Gasteiger partial charge in [-0.1, -0.05) is 5.22 Å². The minimum Gasteiger partial charge on any atom is -0.258 e. The molecule has 1 aromatic rings. The highest BCUT2D eigenvalue weighted by Gasteiger charge is 2.64. The van der Waals surface area contributed by atoms with Crippen molar-refractivity contribution in [1.82, 2.24) is 10.0 Å². The summed E-state index contributed by atoms with van der Waals surface area (Å²) in [6, 6.07) is 3.08. The van der Waals surface area contributed by atoms with Crippen molar-refractivity contribution in [2.75, 3.05) is 19.1 Å². The molecule has 10 nitrogen and oxygen atoms in total. The zero-order chi connectivity index (χ0) is 17.9. The SMILES string of the molecule is Cc1cc([N+](=O)[O-])cc(C)c1N1N=NC(C)(C)C12N(C)N=NN2C. The van der Waals surface area contributed by atoms with Crippen molar-refractivity contribution in [3.8, 4) is 0 Å². The Balaban J connectivity index is 2.20. The van der Waals surface area contributed by atoms with Crippen LogP contribution in [0.25, 0.3) is 0 Å². The van der Waals surface area contributed by atoms with E-state index in [2.05, 4.69) is 20.8 Å². The first-order chi connectivity index (χ1) is 11.1. The second-order valence-corrected chi connectivity index (χ2v) is 6.61. The molecule has 0 amide bonds. The van der Waals surface area contributed by atoms with Gasteiger partial charge in [0.25, 0.3) is 11.5 Å². The molecule has 0 saturated carbocycles. The van der Waals surface area contributed by atoms with Gasteiger partial charge in [0.15, 0.2) is 0 Å². The van der Waals surface area contributed by atoms with Crippen LogP contribution in [0.4, 0.5) is 11.4 Å². The molecule has 0 saturated heterocycles. The summed E-state index contributed by atoms with van der Waals surface area (Å²) in [5.74, 6) is -0.849. The van der Waals surface area contributed by atoms with E-state index in [4.69, 9.17) is 0 Å². The molecular formula is C14H20N8O2. The number of non-ortho nitro benzene ring substituents is 1. The van der Waals surface area contributed by atoms with E-state index < -0.39 is 16.2 Å². The fourth-order valence-corrected chi connectivity index (χ4v) is 3.64. The lowest BCUT2D eigenvalue weighted by Crippen LogP contribution is -2.69. The predicted octanol–water partition coefficient (Wildman–Crippen LogP) is 2.99. The van der Waals surface area contributed by atoms with Crippen LogP contribution in [0.1, 0.15) is 25.0 Å². The topological polar surface area (TPSA) is 102 Å². The van der Waals surface area contributed by atoms with Gasteiger partial charge in [-0.15, -0.1) is 0 Å². The third-order valence-electron chi connectivity index (χ3n) is 4.61. The molecule has 0 radical (unpaired) electrons. The van der Waals surface area contributed by atoms with Crippen molar-refractivity contribution in [2.45, 2.75) is 39.0 Å². The molecular weight excluding hydrogens is 312 g/mol. The Labute approximate surface area is 139 Å². The van der Waals surface area contributed by atoms with Crippen molar-refractivity contribution in [1.29, 1.82) is 0 Å². The second kappa shape index (κ2) is 4.86. The summed E-state index contributed by atoms with van der Waals surface area (Å²) >= 11 is 0. The molecule has 1 aromatic carbocycles. The lowest BCUT2D eigenvalue weighted by molar-refractivity contribution is -0.384. The van der Waals surface area contributed by atoms with Crippen molar-refractivity contribution in [2.24, 2.45) is 20.8 Å². The Morgan fingerprint density at radius 2 is 1.54 bits per heavy atom. The summed E-state index contributed by atoms with van der Waals surface area (Å²) in [4.78, 5) is 10.7. The van der Waals surface area contributed by atoms with E-state index in [1.54, 1.807) is 27.2 Å². The summed E-state index contributed by atoms with van der Waals surface area (Å²) in [7, 11) is 3.63.